The number of aryl methyl sites for hydroxylation is 2. The van der Waals surface area contributed by atoms with Crippen molar-refractivity contribution < 1.29 is 23.5 Å². The van der Waals surface area contributed by atoms with Crippen molar-refractivity contribution in [3.05, 3.63) is 69.8 Å². The summed E-state index contributed by atoms with van der Waals surface area (Å²) in [5.41, 5.74) is 4.48. The molecule has 2 heterocycles. The van der Waals surface area contributed by atoms with Crippen LogP contribution in [0.5, 0.6) is 0 Å². The molecule has 0 radical (unpaired) electrons. The summed E-state index contributed by atoms with van der Waals surface area (Å²) in [6, 6.07) is 10.9. The zero-order valence-corrected chi connectivity index (χ0v) is 20.7. The number of hydrogen-bond acceptors (Lipinski definition) is 6. The molecule has 4 aromatic rings. The molecular weight excluding hydrogens is 466 g/mol. The van der Waals surface area contributed by atoms with Crippen LogP contribution < -0.4 is 10.9 Å². The summed E-state index contributed by atoms with van der Waals surface area (Å²) in [6.07, 6.45) is 4.06. The van der Waals surface area contributed by atoms with E-state index in [1.807, 2.05) is 56.5 Å². The third kappa shape index (κ3) is 4.98. The molecule has 1 atom stereocenters. The first-order valence-corrected chi connectivity index (χ1v) is 12.7. The third-order valence-electron chi connectivity index (χ3n) is 6.27. The van der Waals surface area contributed by atoms with E-state index in [4.69, 9.17) is 8.83 Å². The van der Waals surface area contributed by atoms with Crippen molar-refractivity contribution >= 4 is 45.6 Å². The molecule has 0 saturated carbocycles. The predicted octanol–water partition coefficient (Wildman–Crippen LogP) is 5.08. The van der Waals surface area contributed by atoms with Crippen LogP contribution in [0.2, 0.25) is 0 Å². The van der Waals surface area contributed by atoms with Gasteiger partial charge in [0.05, 0.1) is 6.26 Å². The lowest BCUT2D eigenvalue weighted by Gasteiger charge is -2.14. The van der Waals surface area contributed by atoms with E-state index in [0.717, 1.165) is 33.0 Å². The van der Waals surface area contributed by atoms with Gasteiger partial charge in [-0.25, -0.2) is 9.59 Å². The molecule has 0 fully saturated rings. The van der Waals surface area contributed by atoms with E-state index in [9.17, 15) is 19.5 Å². The monoisotopic (exact) mass is 493 g/mol. The predicted molar refractivity (Wildman–Crippen MR) is 138 cm³/mol. The fourth-order valence-corrected chi connectivity index (χ4v) is 4.80. The SMILES string of the molecule is CSCCC(NC(=O)CCc1c(C)c2cc3c(-c4ccccc4)coc3c(C)c2oc1=O)C(=O)O. The Hall–Kier alpha value is -3.52. The maximum atomic E-state index is 12.8. The molecule has 0 saturated heterocycles. The van der Waals surface area contributed by atoms with Crippen molar-refractivity contribution in [1.82, 2.24) is 5.32 Å². The molecule has 0 bridgehead atoms. The number of amides is 1. The van der Waals surface area contributed by atoms with Gasteiger partial charge in [-0.2, -0.15) is 11.8 Å². The Labute approximate surface area is 206 Å². The standard InChI is InChI=1S/C27H27NO6S/c1-15-18(9-10-23(29)28-22(26(30)31)11-12-35-3)27(32)34-25-16(2)24-20(13-19(15)25)21(14-33-24)17-7-5-4-6-8-17/h4-8,13-14,22H,9-12H2,1-3H3,(H,28,29)(H,30,31). The molecule has 1 amide bonds. The van der Waals surface area contributed by atoms with Gasteiger partial charge in [-0.3, -0.25) is 4.79 Å². The first-order chi connectivity index (χ1) is 16.8. The van der Waals surface area contributed by atoms with Crippen LogP contribution in [0.3, 0.4) is 0 Å². The largest absolute Gasteiger partial charge is 0.480 e. The van der Waals surface area contributed by atoms with Crippen molar-refractivity contribution in [3.8, 4) is 11.1 Å². The zero-order valence-electron chi connectivity index (χ0n) is 19.8. The lowest BCUT2D eigenvalue weighted by atomic mass is 9.96. The summed E-state index contributed by atoms with van der Waals surface area (Å²) < 4.78 is 11.5. The van der Waals surface area contributed by atoms with Crippen molar-refractivity contribution in [2.45, 2.75) is 39.2 Å². The highest BCUT2D eigenvalue weighted by atomic mass is 32.2. The van der Waals surface area contributed by atoms with Crippen LogP contribution in [0, 0.1) is 13.8 Å². The molecule has 4 rings (SSSR count). The van der Waals surface area contributed by atoms with Gasteiger partial charge in [-0.15, -0.1) is 0 Å². The highest BCUT2D eigenvalue weighted by molar-refractivity contribution is 7.98. The summed E-state index contributed by atoms with van der Waals surface area (Å²) in [5.74, 6) is -0.856. The first-order valence-electron chi connectivity index (χ1n) is 11.4. The summed E-state index contributed by atoms with van der Waals surface area (Å²) in [6.45, 7) is 3.71. The van der Waals surface area contributed by atoms with Gasteiger partial charge in [-0.1, -0.05) is 30.3 Å². The topological polar surface area (TPSA) is 110 Å². The van der Waals surface area contributed by atoms with E-state index in [-0.39, 0.29) is 12.8 Å². The third-order valence-corrected chi connectivity index (χ3v) is 6.92. The van der Waals surface area contributed by atoms with Gasteiger partial charge in [0.25, 0.3) is 0 Å². The van der Waals surface area contributed by atoms with Crippen molar-refractivity contribution in [3.63, 3.8) is 0 Å². The van der Waals surface area contributed by atoms with Gasteiger partial charge in [0.15, 0.2) is 0 Å². The second kappa shape index (κ2) is 10.4. The molecule has 182 valence electrons. The van der Waals surface area contributed by atoms with Crippen LogP contribution in [0.25, 0.3) is 33.1 Å². The first kappa shape index (κ1) is 24.6. The maximum Gasteiger partial charge on any atom is 0.339 e. The lowest BCUT2D eigenvalue weighted by Crippen LogP contribution is -2.41. The number of hydrogen-bond donors (Lipinski definition) is 2. The number of carbonyl (C=O) groups excluding carboxylic acids is 1. The molecule has 2 aromatic carbocycles. The van der Waals surface area contributed by atoms with Crippen LogP contribution >= 0.6 is 11.8 Å². The number of aliphatic carboxylic acids is 1. The van der Waals surface area contributed by atoms with Crippen molar-refractivity contribution in [1.29, 1.82) is 0 Å². The van der Waals surface area contributed by atoms with Crippen LogP contribution in [0.4, 0.5) is 0 Å². The van der Waals surface area contributed by atoms with Crippen LogP contribution in [-0.2, 0) is 16.0 Å². The second-order valence-corrected chi connectivity index (χ2v) is 9.49. The molecule has 7 nitrogen and oxygen atoms in total. The molecule has 35 heavy (non-hydrogen) atoms. The van der Waals surface area contributed by atoms with E-state index < -0.39 is 23.5 Å². The normalized spacial score (nSPS) is 12.2. The summed E-state index contributed by atoms with van der Waals surface area (Å²) in [7, 11) is 0. The molecule has 0 spiro atoms. The molecule has 8 heteroatoms. The van der Waals surface area contributed by atoms with Gasteiger partial charge in [0.2, 0.25) is 5.91 Å². The maximum absolute atomic E-state index is 12.8. The second-order valence-electron chi connectivity index (χ2n) is 8.50. The Balaban J connectivity index is 1.67. The van der Waals surface area contributed by atoms with E-state index in [1.54, 1.807) is 6.26 Å². The minimum Gasteiger partial charge on any atom is -0.480 e. The van der Waals surface area contributed by atoms with E-state index in [0.29, 0.717) is 28.9 Å². The zero-order chi connectivity index (χ0) is 25.1. The number of carboxylic acid groups (broad SMARTS) is 1. The highest BCUT2D eigenvalue weighted by Gasteiger charge is 2.22. The Morgan fingerprint density at radius 3 is 2.51 bits per heavy atom. The van der Waals surface area contributed by atoms with Gasteiger partial charge in [0.1, 0.15) is 17.2 Å². The Morgan fingerprint density at radius 2 is 1.83 bits per heavy atom. The molecule has 0 aliphatic heterocycles. The number of carboxylic acids is 1. The average Bonchev–Trinajstić information content (AvgIpc) is 3.27. The minimum absolute atomic E-state index is 0.0116. The van der Waals surface area contributed by atoms with E-state index in [2.05, 4.69) is 5.32 Å². The van der Waals surface area contributed by atoms with Crippen molar-refractivity contribution in [2.75, 3.05) is 12.0 Å². The summed E-state index contributed by atoms with van der Waals surface area (Å²) in [4.78, 5) is 36.7. The number of benzene rings is 2. The Morgan fingerprint density at radius 1 is 1.09 bits per heavy atom. The minimum atomic E-state index is -1.07. The van der Waals surface area contributed by atoms with E-state index >= 15 is 0 Å². The number of thioether (sulfide) groups is 1. The molecule has 1 unspecified atom stereocenters. The van der Waals surface area contributed by atoms with Gasteiger partial charge >= 0.3 is 11.6 Å². The van der Waals surface area contributed by atoms with Crippen LogP contribution in [-0.4, -0.2) is 35.0 Å². The van der Waals surface area contributed by atoms with Crippen LogP contribution in [0.15, 0.2) is 56.3 Å². The molecule has 0 aliphatic carbocycles. The van der Waals surface area contributed by atoms with Crippen LogP contribution in [0.1, 0.15) is 29.5 Å². The molecule has 2 N–H and O–H groups in total. The molecular formula is C27H27NO6S. The van der Waals surface area contributed by atoms with Gasteiger partial charge in [0, 0.05) is 33.9 Å². The Bertz CT molecular complexity index is 1450. The molecule has 0 aliphatic rings. The fourth-order valence-electron chi connectivity index (χ4n) is 4.32. The fraction of sp³-hybridized carbons (Fsp3) is 0.296. The van der Waals surface area contributed by atoms with Gasteiger partial charge < -0.3 is 19.3 Å². The number of furan rings is 1. The Kier molecular flexibility index (Phi) is 7.31. The van der Waals surface area contributed by atoms with Gasteiger partial charge in [-0.05, 0) is 55.9 Å². The molecule has 2 aromatic heterocycles. The number of rotatable bonds is 9. The highest BCUT2D eigenvalue weighted by Crippen LogP contribution is 2.37. The van der Waals surface area contributed by atoms with E-state index in [1.165, 1.54) is 11.8 Å². The quantitative estimate of drug-likeness (QED) is 0.313. The number of nitrogens with one attached hydrogen (secondary N) is 1. The lowest BCUT2D eigenvalue weighted by molar-refractivity contribution is -0.141. The number of carbonyl (C=O) groups is 2. The summed E-state index contributed by atoms with van der Waals surface area (Å²) in [5, 5.41) is 13.6. The smallest absolute Gasteiger partial charge is 0.339 e. The summed E-state index contributed by atoms with van der Waals surface area (Å²) >= 11 is 1.52. The van der Waals surface area contributed by atoms with Crippen molar-refractivity contribution in [2.24, 2.45) is 0 Å². The average molecular weight is 494 g/mol. The number of fused-ring (bicyclic) bond motifs is 2.